The maximum atomic E-state index is 13.2. The normalized spacial score (nSPS) is 10.6. The predicted octanol–water partition coefficient (Wildman–Crippen LogP) is 1.61. The zero-order valence-electron chi connectivity index (χ0n) is 7.62. The second kappa shape index (κ2) is 5.25. The van der Waals surface area contributed by atoms with Crippen LogP contribution in [0.5, 0.6) is 11.5 Å². The van der Waals surface area contributed by atoms with Gasteiger partial charge < -0.3 is 9.84 Å². The van der Waals surface area contributed by atoms with Crippen LogP contribution in [0, 0.1) is 17.5 Å². The molecule has 0 fully saturated rings. The number of hydrogen-bond acceptors (Lipinski definition) is 6. The maximum Gasteiger partial charge on any atom is 0.204 e. The highest BCUT2D eigenvalue weighted by molar-refractivity contribution is 7.94. The van der Waals surface area contributed by atoms with Crippen LogP contribution in [0.15, 0.2) is 4.90 Å². The first kappa shape index (κ1) is 12.9. The number of hydrogen-bond donors (Lipinski definition) is 1. The van der Waals surface area contributed by atoms with Gasteiger partial charge in [0.1, 0.15) is 0 Å². The lowest BCUT2D eigenvalue weighted by Crippen LogP contribution is -2.06. The SMILES string of the molecule is COc1c(F)c([O-])c(SOOO)c(F)c1F. The summed E-state index contributed by atoms with van der Waals surface area (Å²) in [6.45, 7) is 0. The highest BCUT2D eigenvalue weighted by Gasteiger charge is 2.22. The summed E-state index contributed by atoms with van der Waals surface area (Å²) in [7, 11) is 0.876. The zero-order valence-corrected chi connectivity index (χ0v) is 8.44. The molecule has 0 heterocycles. The Bertz CT molecular complexity index is 371. The molecule has 0 aliphatic carbocycles. The maximum absolute atomic E-state index is 13.2. The molecule has 0 saturated heterocycles. The molecular formula is C7H4F3O5S-. The van der Waals surface area contributed by atoms with Gasteiger partial charge in [-0.15, -0.1) is 4.33 Å². The number of methoxy groups -OCH3 is 1. The number of benzene rings is 1. The third kappa shape index (κ3) is 2.16. The van der Waals surface area contributed by atoms with Crippen LogP contribution in [-0.2, 0) is 9.37 Å². The summed E-state index contributed by atoms with van der Waals surface area (Å²) in [5, 5.41) is 22.0. The van der Waals surface area contributed by atoms with Gasteiger partial charge in [-0.25, -0.2) is 14.0 Å². The van der Waals surface area contributed by atoms with Gasteiger partial charge in [-0.2, -0.15) is 4.39 Å². The molecule has 90 valence electrons. The van der Waals surface area contributed by atoms with Crippen LogP contribution in [0.1, 0.15) is 0 Å². The summed E-state index contributed by atoms with van der Waals surface area (Å²) < 4.78 is 47.2. The van der Waals surface area contributed by atoms with Crippen LogP contribution in [0.4, 0.5) is 13.2 Å². The van der Waals surface area contributed by atoms with Gasteiger partial charge in [0.2, 0.25) is 5.82 Å². The second-order valence-electron chi connectivity index (χ2n) is 2.36. The molecule has 9 heteroatoms. The van der Waals surface area contributed by atoms with Gasteiger partial charge in [-0.05, 0) is 5.75 Å². The Morgan fingerprint density at radius 2 is 1.81 bits per heavy atom. The van der Waals surface area contributed by atoms with Crippen LogP contribution in [0.25, 0.3) is 0 Å². The average molecular weight is 257 g/mol. The summed E-state index contributed by atoms with van der Waals surface area (Å²) in [6.07, 6.45) is 0. The fraction of sp³-hybridized carbons (Fsp3) is 0.143. The molecule has 0 radical (unpaired) electrons. The van der Waals surface area contributed by atoms with E-state index in [9.17, 15) is 18.3 Å². The molecule has 1 N–H and O–H groups in total. The summed E-state index contributed by atoms with van der Waals surface area (Å²) in [5.41, 5.74) is 0. The van der Waals surface area contributed by atoms with Crippen molar-refractivity contribution in [2.24, 2.45) is 0 Å². The van der Waals surface area contributed by atoms with Gasteiger partial charge in [0, 0.05) is 0 Å². The van der Waals surface area contributed by atoms with Gasteiger partial charge in [0.05, 0.1) is 24.0 Å². The number of ether oxygens (including phenoxy) is 1. The summed E-state index contributed by atoms with van der Waals surface area (Å²) >= 11 is -0.174. The van der Waals surface area contributed by atoms with E-state index in [2.05, 4.69) is 14.1 Å². The van der Waals surface area contributed by atoms with Crippen molar-refractivity contribution < 1.29 is 37.6 Å². The largest absolute Gasteiger partial charge is 0.870 e. The Balaban J connectivity index is 3.29. The summed E-state index contributed by atoms with van der Waals surface area (Å²) in [5.74, 6) is -7.55. The smallest absolute Gasteiger partial charge is 0.204 e. The zero-order chi connectivity index (χ0) is 12.3. The molecule has 0 bridgehead atoms. The summed E-state index contributed by atoms with van der Waals surface area (Å²) in [4.78, 5) is -1.04. The van der Waals surface area contributed by atoms with Gasteiger partial charge >= 0.3 is 0 Å². The topological polar surface area (TPSA) is 71.0 Å². The van der Waals surface area contributed by atoms with Crippen molar-refractivity contribution >= 4 is 12.0 Å². The van der Waals surface area contributed by atoms with E-state index < -0.39 is 33.8 Å². The standard InChI is InChI=1S/C7H5F3O5S/c1-13-6-2(8)3(9)7(16-15-14-12)5(11)4(6)10/h11-12H,1H3/p-1. The molecule has 0 aliphatic rings. The van der Waals surface area contributed by atoms with Crippen LogP contribution in [0.2, 0.25) is 0 Å². The van der Waals surface area contributed by atoms with E-state index in [1.807, 2.05) is 0 Å². The molecule has 0 atom stereocenters. The molecule has 0 amide bonds. The van der Waals surface area contributed by atoms with Crippen molar-refractivity contribution in [1.29, 1.82) is 0 Å². The van der Waals surface area contributed by atoms with E-state index in [4.69, 9.17) is 5.26 Å². The molecule has 0 spiro atoms. The van der Waals surface area contributed by atoms with Gasteiger partial charge in [-0.1, -0.05) is 5.04 Å². The fourth-order valence-corrected chi connectivity index (χ4v) is 1.33. The Kier molecular flexibility index (Phi) is 4.24. The quantitative estimate of drug-likeness (QED) is 0.382. The van der Waals surface area contributed by atoms with Crippen LogP contribution in [-0.4, -0.2) is 12.4 Å². The van der Waals surface area contributed by atoms with E-state index in [0.29, 0.717) is 0 Å². The third-order valence-electron chi connectivity index (χ3n) is 1.55. The Hall–Kier alpha value is -1.16. The minimum Gasteiger partial charge on any atom is -0.870 e. The molecular weight excluding hydrogens is 253 g/mol. The average Bonchev–Trinajstić information content (AvgIpc) is 2.27. The highest BCUT2D eigenvalue weighted by atomic mass is 32.2. The first-order valence-corrected chi connectivity index (χ1v) is 4.35. The van der Waals surface area contributed by atoms with Crippen LogP contribution >= 0.6 is 12.0 Å². The van der Waals surface area contributed by atoms with Crippen molar-refractivity contribution in [3.8, 4) is 11.5 Å². The van der Waals surface area contributed by atoms with E-state index in [1.54, 1.807) is 0 Å². The molecule has 0 saturated carbocycles. The van der Waals surface area contributed by atoms with Crippen molar-refractivity contribution in [3.05, 3.63) is 17.5 Å². The minimum atomic E-state index is -1.68. The highest BCUT2D eigenvalue weighted by Crippen LogP contribution is 2.39. The lowest BCUT2D eigenvalue weighted by molar-refractivity contribution is -0.432. The van der Waals surface area contributed by atoms with Crippen LogP contribution < -0.4 is 9.84 Å². The van der Waals surface area contributed by atoms with E-state index in [1.165, 1.54) is 0 Å². The molecule has 5 nitrogen and oxygen atoms in total. The van der Waals surface area contributed by atoms with Crippen molar-refractivity contribution in [1.82, 2.24) is 0 Å². The van der Waals surface area contributed by atoms with Crippen molar-refractivity contribution in [2.45, 2.75) is 4.90 Å². The lowest BCUT2D eigenvalue weighted by atomic mass is 10.3. The summed E-state index contributed by atoms with van der Waals surface area (Å²) in [6, 6.07) is 0. The third-order valence-corrected chi connectivity index (χ3v) is 2.21. The fourth-order valence-electron chi connectivity index (χ4n) is 0.901. The number of rotatable bonds is 4. The Labute approximate surface area is 91.4 Å². The molecule has 1 aromatic carbocycles. The van der Waals surface area contributed by atoms with E-state index in [0.717, 1.165) is 7.11 Å². The van der Waals surface area contributed by atoms with Gasteiger partial charge in [0.15, 0.2) is 17.4 Å². The number of halogens is 3. The second-order valence-corrected chi connectivity index (χ2v) is 3.07. The molecule has 0 aliphatic heterocycles. The molecule has 1 aromatic rings. The van der Waals surface area contributed by atoms with E-state index >= 15 is 0 Å². The first-order valence-electron chi connectivity index (χ1n) is 3.60. The van der Waals surface area contributed by atoms with Crippen molar-refractivity contribution in [2.75, 3.05) is 7.11 Å². The lowest BCUT2D eigenvalue weighted by Gasteiger charge is -2.16. The van der Waals surface area contributed by atoms with E-state index in [-0.39, 0.29) is 12.0 Å². The molecule has 16 heavy (non-hydrogen) atoms. The predicted molar refractivity (Wildman–Crippen MR) is 43.0 cm³/mol. The Morgan fingerprint density at radius 3 is 2.31 bits per heavy atom. The van der Waals surface area contributed by atoms with Gasteiger partial charge in [0.25, 0.3) is 0 Å². The monoisotopic (exact) mass is 257 g/mol. The minimum absolute atomic E-state index is 0.174. The van der Waals surface area contributed by atoms with Crippen molar-refractivity contribution in [3.63, 3.8) is 0 Å². The molecule has 0 unspecified atom stereocenters. The van der Waals surface area contributed by atoms with Gasteiger partial charge in [-0.3, -0.25) is 0 Å². The first-order chi connectivity index (χ1) is 7.54. The molecule has 0 aromatic heterocycles. The molecule has 1 rings (SSSR count). The Morgan fingerprint density at radius 1 is 1.19 bits per heavy atom. The van der Waals surface area contributed by atoms with Crippen LogP contribution in [0.3, 0.4) is 0 Å².